The molecule has 1 aromatic rings. The Morgan fingerprint density at radius 1 is 1.29 bits per heavy atom. The molecule has 0 saturated carbocycles. The first-order valence-corrected chi connectivity index (χ1v) is 4.51. The highest BCUT2D eigenvalue weighted by Gasteiger charge is 2.16. The van der Waals surface area contributed by atoms with E-state index < -0.39 is 12.2 Å². The second-order valence-electron chi connectivity index (χ2n) is 3.24. The molecule has 0 heterocycles. The van der Waals surface area contributed by atoms with Crippen molar-refractivity contribution in [3.8, 4) is 0 Å². The first-order chi connectivity index (χ1) is 6.65. The van der Waals surface area contributed by atoms with Crippen LogP contribution in [-0.2, 0) is 0 Å². The lowest BCUT2D eigenvalue weighted by Gasteiger charge is -2.17. The summed E-state index contributed by atoms with van der Waals surface area (Å²) < 4.78 is 0. The summed E-state index contributed by atoms with van der Waals surface area (Å²) in [6.07, 6.45) is -1.67. The maximum Gasteiger partial charge on any atom is 0.106 e. The molecule has 78 valence electrons. The van der Waals surface area contributed by atoms with Gasteiger partial charge in [0, 0.05) is 12.2 Å². The number of hydrogen-bond acceptors (Lipinski definition) is 4. The molecular formula is C10H16N2O2. The molecule has 5 N–H and O–H groups in total. The maximum absolute atomic E-state index is 9.68. The zero-order valence-electron chi connectivity index (χ0n) is 8.14. The average molecular weight is 196 g/mol. The number of anilines is 1. The number of rotatable bonds is 4. The molecule has 0 spiro atoms. The van der Waals surface area contributed by atoms with E-state index in [2.05, 4.69) is 5.32 Å². The van der Waals surface area contributed by atoms with E-state index in [1.165, 1.54) is 0 Å². The van der Waals surface area contributed by atoms with E-state index >= 15 is 0 Å². The van der Waals surface area contributed by atoms with Crippen molar-refractivity contribution < 1.29 is 10.2 Å². The van der Waals surface area contributed by atoms with Crippen LogP contribution in [0.3, 0.4) is 0 Å². The number of nitrogens with two attached hydrogens (primary N) is 1. The zero-order valence-corrected chi connectivity index (χ0v) is 8.14. The van der Waals surface area contributed by atoms with Gasteiger partial charge < -0.3 is 21.3 Å². The van der Waals surface area contributed by atoms with Crippen LogP contribution < -0.4 is 11.1 Å². The van der Waals surface area contributed by atoms with E-state index in [0.717, 1.165) is 0 Å². The summed E-state index contributed by atoms with van der Waals surface area (Å²) in [5.74, 6) is 0. The predicted octanol–water partition coefficient (Wildman–Crippen LogP) is -0.118. The molecule has 4 heteroatoms. The van der Waals surface area contributed by atoms with Crippen LogP contribution in [0.2, 0.25) is 0 Å². The maximum atomic E-state index is 9.68. The molecule has 0 aromatic heterocycles. The van der Waals surface area contributed by atoms with Gasteiger partial charge in [-0.2, -0.15) is 0 Å². The molecule has 0 aliphatic carbocycles. The Kier molecular flexibility index (Phi) is 3.88. The third-order valence-electron chi connectivity index (χ3n) is 2.06. The van der Waals surface area contributed by atoms with Crippen LogP contribution in [0, 0.1) is 0 Å². The van der Waals surface area contributed by atoms with Gasteiger partial charge in [-0.1, -0.05) is 12.1 Å². The molecule has 0 amide bonds. The molecule has 4 nitrogen and oxygen atoms in total. The van der Waals surface area contributed by atoms with E-state index in [0.29, 0.717) is 17.8 Å². The summed E-state index contributed by atoms with van der Waals surface area (Å²) in [6, 6.07) is 6.81. The van der Waals surface area contributed by atoms with Crippen molar-refractivity contribution in [1.82, 2.24) is 5.32 Å². The van der Waals surface area contributed by atoms with Crippen molar-refractivity contribution in [1.29, 1.82) is 0 Å². The lowest BCUT2D eigenvalue weighted by Crippen LogP contribution is -2.29. The molecule has 0 saturated heterocycles. The fraction of sp³-hybridized carbons (Fsp3) is 0.400. The van der Waals surface area contributed by atoms with Crippen molar-refractivity contribution in [2.75, 3.05) is 19.3 Å². The Balaban J connectivity index is 2.68. The summed E-state index contributed by atoms with van der Waals surface area (Å²) in [5, 5.41) is 22.0. The van der Waals surface area contributed by atoms with Crippen LogP contribution in [0.1, 0.15) is 11.7 Å². The summed E-state index contributed by atoms with van der Waals surface area (Å²) in [7, 11) is 1.72. The highest BCUT2D eigenvalue weighted by atomic mass is 16.3. The van der Waals surface area contributed by atoms with Crippen molar-refractivity contribution in [2.24, 2.45) is 0 Å². The number of aliphatic hydroxyl groups is 2. The topological polar surface area (TPSA) is 78.5 Å². The molecule has 0 bridgehead atoms. The summed E-state index contributed by atoms with van der Waals surface area (Å²) in [6.45, 7) is 0.353. The molecule has 2 atom stereocenters. The number of nitrogen functional groups attached to an aromatic ring is 1. The summed E-state index contributed by atoms with van der Waals surface area (Å²) >= 11 is 0. The predicted molar refractivity (Wildman–Crippen MR) is 55.7 cm³/mol. The molecule has 1 aromatic carbocycles. The quantitative estimate of drug-likeness (QED) is 0.506. The Bertz CT molecular complexity index is 274. The molecule has 1 rings (SSSR count). The van der Waals surface area contributed by atoms with E-state index in [9.17, 15) is 10.2 Å². The Morgan fingerprint density at radius 2 is 1.86 bits per heavy atom. The van der Waals surface area contributed by atoms with Crippen LogP contribution in [0.5, 0.6) is 0 Å². The first-order valence-electron chi connectivity index (χ1n) is 4.51. The highest BCUT2D eigenvalue weighted by Crippen LogP contribution is 2.17. The average Bonchev–Trinajstić information content (AvgIpc) is 2.18. The Labute approximate surface area is 83.4 Å². The number of nitrogens with one attached hydrogen (secondary N) is 1. The standard InChI is InChI=1S/C10H16N2O2/c1-12-6-9(13)10(14)7-2-4-8(11)5-3-7/h2-5,9-10,12-14H,6,11H2,1H3. The zero-order chi connectivity index (χ0) is 10.6. The third kappa shape index (κ3) is 2.70. The molecular weight excluding hydrogens is 180 g/mol. The number of benzene rings is 1. The monoisotopic (exact) mass is 196 g/mol. The molecule has 0 radical (unpaired) electrons. The fourth-order valence-corrected chi connectivity index (χ4v) is 1.24. The Morgan fingerprint density at radius 3 is 2.36 bits per heavy atom. The van der Waals surface area contributed by atoms with E-state index in [-0.39, 0.29) is 0 Å². The van der Waals surface area contributed by atoms with Crippen LogP contribution in [-0.4, -0.2) is 29.9 Å². The van der Waals surface area contributed by atoms with Crippen molar-refractivity contribution in [2.45, 2.75) is 12.2 Å². The van der Waals surface area contributed by atoms with Gasteiger partial charge >= 0.3 is 0 Å². The van der Waals surface area contributed by atoms with Crippen LogP contribution in [0.15, 0.2) is 24.3 Å². The second-order valence-corrected chi connectivity index (χ2v) is 3.24. The van der Waals surface area contributed by atoms with E-state index in [1.807, 2.05) is 0 Å². The molecule has 0 aliphatic heterocycles. The molecule has 0 fully saturated rings. The van der Waals surface area contributed by atoms with Crippen LogP contribution in [0.4, 0.5) is 5.69 Å². The number of aliphatic hydroxyl groups excluding tert-OH is 2. The number of hydrogen-bond donors (Lipinski definition) is 4. The van der Waals surface area contributed by atoms with Gasteiger partial charge in [0.25, 0.3) is 0 Å². The van der Waals surface area contributed by atoms with Crippen molar-refractivity contribution in [3.63, 3.8) is 0 Å². The first kappa shape index (κ1) is 11.0. The highest BCUT2D eigenvalue weighted by molar-refractivity contribution is 5.40. The normalized spacial score (nSPS) is 15.1. The van der Waals surface area contributed by atoms with E-state index in [1.54, 1.807) is 31.3 Å². The lowest BCUT2D eigenvalue weighted by atomic mass is 10.0. The SMILES string of the molecule is CNCC(O)C(O)c1ccc(N)cc1. The summed E-state index contributed by atoms with van der Waals surface area (Å²) in [5.41, 5.74) is 6.82. The van der Waals surface area contributed by atoms with Crippen molar-refractivity contribution >= 4 is 5.69 Å². The van der Waals surface area contributed by atoms with Gasteiger partial charge in [0.2, 0.25) is 0 Å². The minimum atomic E-state index is -0.872. The third-order valence-corrected chi connectivity index (χ3v) is 2.06. The minimum Gasteiger partial charge on any atom is -0.399 e. The molecule has 14 heavy (non-hydrogen) atoms. The number of likely N-dealkylation sites (N-methyl/N-ethyl adjacent to an activating group) is 1. The van der Waals surface area contributed by atoms with Gasteiger partial charge in [-0.25, -0.2) is 0 Å². The van der Waals surface area contributed by atoms with Crippen LogP contribution >= 0.6 is 0 Å². The second kappa shape index (κ2) is 4.95. The van der Waals surface area contributed by atoms with Gasteiger partial charge in [0.15, 0.2) is 0 Å². The van der Waals surface area contributed by atoms with Gasteiger partial charge in [-0.3, -0.25) is 0 Å². The van der Waals surface area contributed by atoms with Gasteiger partial charge in [0.05, 0.1) is 6.10 Å². The van der Waals surface area contributed by atoms with Gasteiger partial charge in [-0.05, 0) is 24.7 Å². The smallest absolute Gasteiger partial charge is 0.106 e. The Hall–Kier alpha value is -1.10. The summed E-state index contributed by atoms with van der Waals surface area (Å²) in [4.78, 5) is 0. The minimum absolute atomic E-state index is 0.353. The van der Waals surface area contributed by atoms with Crippen LogP contribution in [0.25, 0.3) is 0 Å². The lowest BCUT2D eigenvalue weighted by molar-refractivity contribution is 0.0202. The van der Waals surface area contributed by atoms with E-state index in [4.69, 9.17) is 5.73 Å². The molecule has 0 aliphatic rings. The van der Waals surface area contributed by atoms with Crippen molar-refractivity contribution in [3.05, 3.63) is 29.8 Å². The fourth-order valence-electron chi connectivity index (χ4n) is 1.24. The largest absolute Gasteiger partial charge is 0.399 e. The van der Waals surface area contributed by atoms with Gasteiger partial charge in [0.1, 0.15) is 6.10 Å². The molecule has 2 unspecified atom stereocenters. The van der Waals surface area contributed by atoms with Gasteiger partial charge in [-0.15, -0.1) is 0 Å².